The fraction of sp³-hybridized carbons (Fsp3) is 0.818. The van der Waals surface area contributed by atoms with Crippen molar-refractivity contribution in [2.24, 2.45) is 5.92 Å². The van der Waals surface area contributed by atoms with Crippen LogP contribution in [0.25, 0.3) is 0 Å². The van der Waals surface area contributed by atoms with E-state index in [1.54, 1.807) is 0 Å². The van der Waals surface area contributed by atoms with E-state index < -0.39 is 0 Å². The van der Waals surface area contributed by atoms with Crippen LogP contribution in [0.2, 0.25) is 4.47 Å². The lowest BCUT2D eigenvalue weighted by Crippen LogP contribution is -2.33. The van der Waals surface area contributed by atoms with E-state index in [9.17, 15) is 0 Å². The summed E-state index contributed by atoms with van der Waals surface area (Å²) in [6.07, 6.45) is 5.37. The molecule has 0 amide bonds. The van der Waals surface area contributed by atoms with Crippen molar-refractivity contribution in [2.45, 2.75) is 39.2 Å². The minimum atomic E-state index is 0.552. The molecule has 1 aliphatic rings. The minimum absolute atomic E-state index is 0.552. The summed E-state index contributed by atoms with van der Waals surface area (Å²) in [5.41, 5.74) is 0. The highest BCUT2D eigenvalue weighted by molar-refractivity contribution is 7.15. The lowest BCUT2D eigenvalue weighted by molar-refractivity contribution is 0.171. The minimum Gasteiger partial charge on any atom is -0.297 e. The van der Waals surface area contributed by atoms with Gasteiger partial charge in [0, 0.05) is 0 Å². The molecule has 0 radical (unpaired) electrons. The lowest BCUT2D eigenvalue weighted by Gasteiger charge is -2.31. The molecule has 16 heavy (non-hydrogen) atoms. The Kier molecular flexibility index (Phi) is 4.55. The van der Waals surface area contributed by atoms with Crippen LogP contribution in [-0.4, -0.2) is 28.2 Å². The van der Waals surface area contributed by atoms with Crippen LogP contribution < -0.4 is 0 Å². The van der Waals surface area contributed by atoms with Crippen LogP contribution >= 0.6 is 22.9 Å². The second kappa shape index (κ2) is 5.94. The van der Waals surface area contributed by atoms with Gasteiger partial charge >= 0.3 is 0 Å². The van der Waals surface area contributed by atoms with Crippen LogP contribution in [0.5, 0.6) is 0 Å². The number of hydrogen-bond acceptors (Lipinski definition) is 4. The van der Waals surface area contributed by atoms with Crippen molar-refractivity contribution >= 4 is 22.9 Å². The average molecular weight is 260 g/mol. The molecule has 0 bridgehead atoms. The van der Waals surface area contributed by atoms with Crippen LogP contribution in [0, 0.1) is 5.92 Å². The maximum Gasteiger partial charge on any atom is 0.207 e. The van der Waals surface area contributed by atoms with Gasteiger partial charge in [-0.1, -0.05) is 31.1 Å². The van der Waals surface area contributed by atoms with Crippen LogP contribution in [0.4, 0.5) is 0 Å². The number of hydrogen-bond donors (Lipinski definition) is 0. The molecule has 0 N–H and O–H groups in total. The Labute approximate surface area is 106 Å². The average Bonchev–Trinajstić information content (AvgIpc) is 2.67. The maximum absolute atomic E-state index is 5.77. The Morgan fingerprint density at radius 2 is 2.12 bits per heavy atom. The first-order valence-electron chi connectivity index (χ1n) is 5.98. The molecule has 1 aromatic rings. The molecule has 2 rings (SSSR count). The maximum atomic E-state index is 5.77. The Hall–Kier alpha value is -0.190. The molecule has 1 aromatic heterocycles. The first kappa shape index (κ1) is 12.3. The second-order valence-electron chi connectivity index (χ2n) is 4.46. The van der Waals surface area contributed by atoms with Gasteiger partial charge in [-0.05, 0) is 43.5 Å². The lowest BCUT2D eigenvalue weighted by atomic mass is 9.92. The van der Waals surface area contributed by atoms with Gasteiger partial charge in [-0.15, -0.1) is 10.2 Å². The molecule has 2 heterocycles. The Balaban J connectivity index is 1.77. The third-order valence-corrected chi connectivity index (χ3v) is 4.21. The summed E-state index contributed by atoms with van der Waals surface area (Å²) >= 11 is 7.26. The smallest absolute Gasteiger partial charge is 0.207 e. The molecule has 5 heteroatoms. The summed E-state index contributed by atoms with van der Waals surface area (Å²) in [6, 6.07) is 0. The van der Waals surface area contributed by atoms with E-state index >= 15 is 0 Å². The van der Waals surface area contributed by atoms with Crippen molar-refractivity contribution in [1.82, 2.24) is 15.1 Å². The quantitative estimate of drug-likeness (QED) is 0.832. The van der Waals surface area contributed by atoms with Gasteiger partial charge < -0.3 is 0 Å². The van der Waals surface area contributed by atoms with Gasteiger partial charge in [-0.3, -0.25) is 4.90 Å². The van der Waals surface area contributed by atoms with Gasteiger partial charge in [0.2, 0.25) is 4.47 Å². The molecular weight excluding hydrogens is 242 g/mol. The summed E-state index contributed by atoms with van der Waals surface area (Å²) in [7, 11) is 0. The molecule has 90 valence electrons. The van der Waals surface area contributed by atoms with E-state index in [0.717, 1.165) is 17.5 Å². The van der Waals surface area contributed by atoms with E-state index in [2.05, 4.69) is 22.0 Å². The molecule has 0 aromatic carbocycles. The second-order valence-corrected chi connectivity index (χ2v) is 6.10. The number of nitrogens with zero attached hydrogens (tertiary/aromatic N) is 3. The van der Waals surface area contributed by atoms with Crippen molar-refractivity contribution in [3.8, 4) is 0 Å². The van der Waals surface area contributed by atoms with Gasteiger partial charge in [0.05, 0.1) is 6.54 Å². The summed E-state index contributed by atoms with van der Waals surface area (Å²) in [5, 5.41) is 8.93. The highest BCUT2D eigenvalue weighted by Gasteiger charge is 2.19. The normalized spacial score (nSPS) is 19.1. The van der Waals surface area contributed by atoms with E-state index in [0.29, 0.717) is 4.47 Å². The zero-order valence-corrected chi connectivity index (χ0v) is 11.2. The number of aromatic nitrogens is 2. The number of likely N-dealkylation sites (tertiary alicyclic amines) is 1. The van der Waals surface area contributed by atoms with Crippen molar-refractivity contribution in [3.05, 3.63) is 9.47 Å². The Morgan fingerprint density at radius 3 is 2.69 bits per heavy atom. The van der Waals surface area contributed by atoms with Crippen molar-refractivity contribution < 1.29 is 0 Å². The summed E-state index contributed by atoms with van der Waals surface area (Å²) < 4.78 is 0.552. The molecule has 0 atom stereocenters. The molecule has 0 unspecified atom stereocenters. The summed E-state index contributed by atoms with van der Waals surface area (Å²) in [6.45, 7) is 5.59. The third-order valence-electron chi connectivity index (χ3n) is 3.21. The molecule has 1 fully saturated rings. The predicted octanol–water partition coefficient (Wildman–Crippen LogP) is 3.20. The van der Waals surface area contributed by atoms with Gasteiger partial charge in [-0.2, -0.15) is 0 Å². The molecular formula is C11H18ClN3S. The summed E-state index contributed by atoms with van der Waals surface area (Å²) in [5.74, 6) is 0.944. The number of halogens is 1. The molecule has 1 aliphatic heterocycles. The SMILES string of the molecule is CCCC1CCN(Cc2nnc(Cl)s2)CC1. The van der Waals surface area contributed by atoms with Crippen LogP contribution in [-0.2, 0) is 6.54 Å². The largest absolute Gasteiger partial charge is 0.297 e. The van der Waals surface area contributed by atoms with Crippen molar-refractivity contribution in [3.63, 3.8) is 0 Å². The van der Waals surface area contributed by atoms with Crippen molar-refractivity contribution in [1.29, 1.82) is 0 Å². The summed E-state index contributed by atoms with van der Waals surface area (Å²) in [4.78, 5) is 2.46. The molecule has 0 spiro atoms. The van der Waals surface area contributed by atoms with Crippen LogP contribution in [0.3, 0.4) is 0 Å². The van der Waals surface area contributed by atoms with Crippen molar-refractivity contribution in [2.75, 3.05) is 13.1 Å². The standard InChI is InChI=1S/C11H18ClN3S/c1-2-3-9-4-6-15(7-5-9)8-10-13-14-11(12)16-10/h9H,2-8H2,1H3. The molecule has 0 saturated carbocycles. The van der Waals surface area contributed by atoms with Crippen LogP contribution in [0.15, 0.2) is 0 Å². The highest BCUT2D eigenvalue weighted by atomic mass is 35.5. The molecule has 3 nitrogen and oxygen atoms in total. The zero-order chi connectivity index (χ0) is 11.4. The monoisotopic (exact) mass is 259 g/mol. The first-order chi connectivity index (χ1) is 7.78. The third kappa shape index (κ3) is 3.40. The van der Waals surface area contributed by atoms with Crippen LogP contribution in [0.1, 0.15) is 37.6 Å². The Morgan fingerprint density at radius 1 is 1.38 bits per heavy atom. The number of piperidine rings is 1. The van der Waals surface area contributed by atoms with Gasteiger partial charge in [-0.25, -0.2) is 0 Å². The topological polar surface area (TPSA) is 29.0 Å². The van der Waals surface area contributed by atoms with E-state index in [4.69, 9.17) is 11.6 Å². The predicted molar refractivity (Wildman–Crippen MR) is 67.8 cm³/mol. The van der Waals surface area contributed by atoms with E-state index in [1.807, 2.05) is 0 Å². The van der Waals surface area contributed by atoms with E-state index in [1.165, 1.54) is 50.1 Å². The van der Waals surface area contributed by atoms with E-state index in [-0.39, 0.29) is 0 Å². The number of rotatable bonds is 4. The first-order valence-corrected chi connectivity index (χ1v) is 7.17. The Bertz CT molecular complexity index is 321. The molecule has 0 aliphatic carbocycles. The van der Waals surface area contributed by atoms with Gasteiger partial charge in [0.1, 0.15) is 5.01 Å². The highest BCUT2D eigenvalue weighted by Crippen LogP contribution is 2.24. The fourth-order valence-electron chi connectivity index (χ4n) is 2.33. The zero-order valence-electron chi connectivity index (χ0n) is 9.65. The van der Waals surface area contributed by atoms with Gasteiger partial charge in [0.25, 0.3) is 0 Å². The fourth-order valence-corrected chi connectivity index (χ4v) is 3.24. The van der Waals surface area contributed by atoms with Gasteiger partial charge in [0.15, 0.2) is 0 Å². The molecule has 1 saturated heterocycles.